The van der Waals surface area contributed by atoms with Crippen molar-refractivity contribution in [3.63, 3.8) is 0 Å². The van der Waals surface area contributed by atoms with Gasteiger partial charge in [-0.3, -0.25) is 4.90 Å². The lowest BCUT2D eigenvalue weighted by Crippen LogP contribution is -2.45. The normalized spacial score (nSPS) is 40.0. The van der Waals surface area contributed by atoms with Crippen LogP contribution in [-0.4, -0.2) is 77.0 Å². The van der Waals surface area contributed by atoms with E-state index in [0.717, 1.165) is 63.3 Å². The van der Waals surface area contributed by atoms with Crippen molar-refractivity contribution >= 4 is 0 Å². The summed E-state index contributed by atoms with van der Waals surface area (Å²) in [7, 11) is 2.28. The Morgan fingerprint density at radius 1 is 0.891 bits per heavy atom. The van der Waals surface area contributed by atoms with Crippen molar-refractivity contribution in [3.05, 3.63) is 12.2 Å². The van der Waals surface area contributed by atoms with Crippen LogP contribution in [0.5, 0.6) is 0 Å². The molecule has 8 heteroatoms. The van der Waals surface area contributed by atoms with Crippen molar-refractivity contribution in [2.24, 2.45) is 53.3 Å². The lowest BCUT2D eigenvalue weighted by Gasteiger charge is -2.45. The van der Waals surface area contributed by atoms with Gasteiger partial charge in [-0.25, -0.2) is 0 Å². The molecule has 12 unspecified atom stereocenters. The van der Waals surface area contributed by atoms with E-state index in [2.05, 4.69) is 25.5 Å². The summed E-state index contributed by atoms with van der Waals surface area (Å²) >= 11 is 0. The molecule has 0 bridgehead atoms. The summed E-state index contributed by atoms with van der Waals surface area (Å²) in [6.45, 7) is 15.1. The average molecular weight is 655 g/mol. The standard InChI is InChI=1S/C38H65F3N2O3/c1-24-12-14-29(21-32(24)34-31-11-7-10-30(31)23-42(34)6)35(44)25(2)28-17-16-27(33(22-28)38(39,40)41)15-13-26-9-8-19-43(20-18-26)36(45)46-37(3,4)5/h24,26-36,44-45H,2,7-23H2,1,3-6H3. The maximum absolute atomic E-state index is 14.6. The average Bonchev–Trinajstić information content (AvgIpc) is 3.45. The van der Waals surface area contributed by atoms with Crippen LogP contribution in [0.3, 0.4) is 0 Å². The molecule has 5 fully saturated rings. The van der Waals surface area contributed by atoms with Crippen molar-refractivity contribution < 1.29 is 28.1 Å². The summed E-state index contributed by atoms with van der Waals surface area (Å²) in [4.78, 5) is 4.54. The molecule has 2 heterocycles. The number of hydrogen-bond donors (Lipinski definition) is 2. The van der Waals surface area contributed by atoms with Crippen LogP contribution in [0.25, 0.3) is 0 Å². The van der Waals surface area contributed by atoms with Gasteiger partial charge in [-0.1, -0.05) is 32.8 Å². The SMILES string of the molecule is C=C(C1CCC(CCC2CCCN(C(O)OC(C)(C)C)CC2)C(C(F)(F)F)C1)C(O)C1CCC(C)C(C2C3CCCC3CN2C)C1. The second kappa shape index (κ2) is 15.1. The van der Waals surface area contributed by atoms with Gasteiger partial charge in [0.15, 0.2) is 0 Å². The molecule has 3 saturated carbocycles. The Balaban J connectivity index is 1.14. The zero-order valence-corrected chi connectivity index (χ0v) is 29.5. The minimum absolute atomic E-state index is 0.0699. The van der Waals surface area contributed by atoms with Crippen LogP contribution >= 0.6 is 0 Å². The molecule has 3 aliphatic carbocycles. The Bertz CT molecular complexity index is 1000. The molecule has 0 spiro atoms. The Labute approximate surface area is 277 Å². The molecule has 5 nitrogen and oxygen atoms in total. The molecular weight excluding hydrogens is 589 g/mol. The first kappa shape index (κ1) is 36.6. The van der Waals surface area contributed by atoms with E-state index in [-0.39, 0.29) is 24.2 Å². The van der Waals surface area contributed by atoms with Gasteiger partial charge in [-0.2, -0.15) is 13.2 Å². The predicted octanol–water partition coefficient (Wildman–Crippen LogP) is 8.25. The molecule has 0 aromatic heterocycles. The third-order valence-corrected chi connectivity index (χ3v) is 13.3. The van der Waals surface area contributed by atoms with E-state index in [1.54, 1.807) is 0 Å². The zero-order valence-electron chi connectivity index (χ0n) is 29.5. The summed E-state index contributed by atoms with van der Waals surface area (Å²) in [5.74, 6) is 1.26. The number of likely N-dealkylation sites (tertiary alicyclic amines) is 2. The number of aliphatic hydroxyl groups is 2. The van der Waals surface area contributed by atoms with Crippen molar-refractivity contribution in [3.8, 4) is 0 Å². The summed E-state index contributed by atoms with van der Waals surface area (Å²) in [5, 5.41) is 22.2. The van der Waals surface area contributed by atoms with Gasteiger partial charge < -0.3 is 19.8 Å². The van der Waals surface area contributed by atoms with E-state index in [1.807, 2.05) is 25.7 Å². The van der Waals surface area contributed by atoms with Gasteiger partial charge in [0.25, 0.3) is 0 Å². The first-order valence-corrected chi connectivity index (χ1v) is 18.9. The van der Waals surface area contributed by atoms with Gasteiger partial charge in [-0.05, 0) is 151 Å². The summed E-state index contributed by atoms with van der Waals surface area (Å²) in [6, 6.07) is 0.578. The molecule has 0 aromatic carbocycles. The van der Waals surface area contributed by atoms with Crippen molar-refractivity contribution in [2.45, 2.75) is 148 Å². The second-order valence-corrected chi connectivity index (χ2v) is 17.4. The maximum atomic E-state index is 14.6. The lowest BCUT2D eigenvalue weighted by molar-refractivity contribution is -0.238. The highest BCUT2D eigenvalue weighted by Gasteiger charge is 2.51. The number of aliphatic hydroxyl groups excluding tert-OH is 2. The number of nitrogens with zero attached hydrogens (tertiary/aromatic N) is 2. The second-order valence-electron chi connectivity index (χ2n) is 17.4. The number of ether oxygens (including phenoxy) is 1. The third-order valence-electron chi connectivity index (χ3n) is 13.3. The van der Waals surface area contributed by atoms with E-state index >= 15 is 0 Å². The fourth-order valence-electron chi connectivity index (χ4n) is 10.8. The molecule has 5 rings (SSSR count). The fraction of sp³-hybridized carbons (Fsp3) is 0.947. The van der Waals surface area contributed by atoms with Crippen molar-refractivity contribution in [1.82, 2.24) is 9.80 Å². The molecule has 2 aliphatic heterocycles. The van der Waals surface area contributed by atoms with Gasteiger partial charge in [0, 0.05) is 25.7 Å². The molecule has 0 radical (unpaired) electrons. The number of alkyl halides is 3. The first-order chi connectivity index (χ1) is 21.6. The Hall–Kier alpha value is -0.670. The molecule has 5 aliphatic rings. The number of hydrogen-bond acceptors (Lipinski definition) is 5. The number of halogens is 3. The minimum Gasteiger partial charge on any atom is -0.388 e. The van der Waals surface area contributed by atoms with Gasteiger partial charge >= 0.3 is 6.18 Å². The zero-order chi connectivity index (χ0) is 33.4. The van der Waals surface area contributed by atoms with Crippen LogP contribution < -0.4 is 0 Å². The Kier molecular flexibility index (Phi) is 12.0. The van der Waals surface area contributed by atoms with Gasteiger partial charge in [-0.15, -0.1) is 0 Å². The van der Waals surface area contributed by atoms with Crippen LogP contribution in [0.4, 0.5) is 13.2 Å². The van der Waals surface area contributed by atoms with Crippen molar-refractivity contribution in [2.75, 3.05) is 26.7 Å². The van der Waals surface area contributed by atoms with Gasteiger partial charge in [0.2, 0.25) is 6.41 Å². The molecule has 46 heavy (non-hydrogen) atoms. The summed E-state index contributed by atoms with van der Waals surface area (Å²) < 4.78 is 49.4. The van der Waals surface area contributed by atoms with Gasteiger partial charge in [0.05, 0.1) is 17.6 Å². The summed E-state index contributed by atoms with van der Waals surface area (Å²) in [6.07, 6.45) is 6.59. The van der Waals surface area contributed by atoms with Crippen LogP contribution in [0, 0.1) is 53.3 Å². The monoisotopic (exact) mass is 654 g/mol. The van der Waals surface area contributed by atoms with Gasteiger partial charge in [0.1, 0.15) is 0 Å². The number of rotatable bonds is 9. The Morgan fingerprint density at radius 2 is 1.65 bits per heavy atom. The van der Waals surface area contributed by atoms with Crippen LogP contribution in [0.2, 0.25) is 0 Å². The van der Waals surface area contributed by atoms with E-state index in [0.29, 0.717) is 55.2 Å². The van der Waals surface area contributed by atoms with Crippen molar-refractivity contribution in [1.29, 1.82) is 0 Å². The number of fused-ring (bicyclic) bond motifs is 1. The highest BCUT2D eigenvalue weighted by molar-refractivity contribution is 5.12. The molecule has 0 aromatic rings. The van der Waals surface area contributed by atoms with E-state index in [9.17, 15) is 23.4 Å². The largest absolute Gasteiger partial charge is 0.392 e. The lowest BCUT2D eigenvalue weighted by atomic mass is 9.64. The van der Waals surface area contributed by atoms with E-state index in [1.165, 1.54) is 25.8 Å². The third kappa shape index (κ3) is 8.73. The minimum atomic E-state index is -4.24. The predicted molar refractivity (Wildman–Crippen MR) is 178 cm³/mol. The molecule has 0 amide bonds. The highest BCUT2D eigenvalue weighted by Crippen LogP contribution is 2.52. The van der Waals surface area contributed by atoms with E-state index in [4.69, 9.17) is 4.74 Å². The molecule has 12 atom stereocenters. The van der Waals surface area contributed by atoms with E-state index < -0.39 is 30.2 Å². The van der Waals surface area contributed by atoms with Crippen LogP contribution in [-0.2, 0) is 4.74 Å². The topological polar surface area (TPSA) is 56.2 Å². The molecule has 2 saturated heterocycles. The Morgan fingerprint density at radius 3 is 2.37 bits per heavy atom. The fourth-order valence-corrected chi connectivity index (χ4v) is 10.8. The molecule has 266 valence electrons. The maximum Gasteiger partial charge on any atom is 0.392 e. The highest BCUT2D eigenvalue weighted by atomic mass is 19.4. The molecular formula is C38H65F3N2O3. The summed E-state index contributed by atoms with van der Waals surface area (Å²) in [5.41, 5.74) is 0.227. The first-order valence-electron chi connectivity index (χ1n) is 18.9. The van der Waals surface area contributed by atoms with Crippen LogP contribution in [0.1, 0.15) is 118 Å². The van der Waals surface area contributed by atoms with Crippen LogP contribution in [0.15, 0.2) is 12.2 Å². The smallest absolute Gasteiger partial charge is 0.388 e. The quantitative estimate of drug-likeness (QED) is 0.194. The molecule has 2 N–H and O–H groups in total.